The van der Waals surface area contributed by atoms with E-state index in [1.165, 1.54) is 19.2 Å². The summed E-state index contributed by atoms with van der Waals surface area (Å²) in [6.07, 6.45) is 0. The van der Waals surface area contributed by atoms with E-state index in [2.05, 4.69) is 4.74 Å². The number of hydrogen-bond acceptors (Lipinski definition) is 7. The van der Waals surface area contributed by atoms with Crippen molar-refractivity contribution in [1.29, 1.82) is 0 Å². The lowest BCUT2D eigenvalue weighted by Crippen LogP contribution is -2.32. The average Bonchev–Trinajstić information content (AvgIpc) is 2.48. The first-order chi connectivity index (χ1) is 10.1. The number of phenols is 1. The van der Waals surface area contributed by atoms with Gasteiger partial charge in [0.15, 0.2) is 0 Å². The van der Waals surface area contributed by atoms with Gasteiger partial charge in [-0.15, -0.1) is 0 Å². The van der Waals surface area contributed by atoms with Gasteiger partial charge in [0.05, 0.1) is 26.9 Å². The van der Waals surface area contributed by atoms with Crippen LogP contribution in [-0.2, 0) is 4.74 Å². The standard InChI is InChI=1S/C8H8O3.C6H15NO3/c1-11-8(10)6-4-2-3-5-7(6)9;8-4-1-7(2-5-9)3-6-10/h2-5,9H,1H3;8-10H,1-6H2. The summed E-state index contributed by atoms with van der Waals surface area (Å²) in [6.45, 7) is 1.75. The van der Waals surface area contributed by atoms with Crippen molar-refractivity contribution in [2.24, 2.45) is 0 Å². The topological polar surface area (TPSA) is 110 Å². The molecule has 0 aliphatic rings. The lowest BCUT2D eigenvalue weighted by Gasteiger charge is -2.17. The van der Waals surface area contributed by atoms with Gasteiger partial charge in [0.1, 0.15) is 11.3 Å². The fourth-order valence-electron chi connectivity index (χ4n) is 1.52. The van der Waals surface area contributed by atoms with Gasteiger partial charge in [0.25, 0.3) is 0 Å². The van der Waals surface area contributed by atoms with Crippen LogP contribution in [0.2, 0.25) is 0 Å². The maximum Gasteiger partial charge on any atom is 0.341 e. The zero-order valence-corrected chi connectivity index (χ0v) is 12.1. The maximum absolute atomic E-state index is 10.9. The Morgan fingerprint density at radius 3 is 1.90 bits per heavy atom. The molecule has 0 radical (unpaired) electrons. The molecule has 120 valence electrons. The Balaban J connectivity index is 0.000000384. The molecule has 0 aliphatic heterocycles. The van der Waals surface area contributed by atoms with Crippen molar-refractivity contribution in [3.05, 3.63) is 29.8 Å². The number of aromatic hydroxyl groups is 1. The molecule has 0 saturated heterocycles. The molecule has 1 aromatic rings. The van der Waals surface area contributed by atoms with Crippen LogP contribution in [0.1, 0.15) is 10.4 Å². The smallest absolute Gasteiger partial charge is 0.341 e. The summed E-state index contributed by atoms with van der Waals surface area (Å²) in [4.78, 5) is 12.6. The zero-order chi connectivity index (χ0) is 16.1. The molecule has 0 amide bonds. The molecular formula is C14H23NO6. The summed E-state index contributed by atoms with van der Waals surface area (Å²) in [6, 6.07) is 6.24. The van der Waals surface area contributed by atoms with E-state index in [-0.39, 0.29) is 31.1 Å². The maximum atomic E-state index is 10.9. The molecular weight excluding hydrogens is 278 g/mol. The van der Waals surface area contributed by atoms with Crippen molar-refractivity contribution in [3.63, 3.8) is 0 Å². The number of ether oxygens (including phenoxy) is 1. The van der Waals surface area contributed by atoms with Crippen LogP contribution in [0.15, 0.2) is 24.3 Å². The highest BCUT2D eigenvalue weighted by Gasteiger charge is 2.08. The van der Waals surface area contributed by atoms with E-state index >= 15 is 0 Å². The van der Waals surface area contributed by atoms with Crippen LogP contribution in [-0.4, -0.2) is 77.9 Å². The number of aliphatic hydroxyl groups excluding tert-OH is 3. The van der Waals surface area contributed by atoms with Crippen molar-refractivity contribution in [2.75, 3.05) is 46.6 Å². The molecule has 7 nitrogen and oxygen atoms in total. The lowest BCUT2D eigenvalue weighted by atomic mass is 10.2. The van der Waals surface area contributed by atoms with Crippen LogP contribution in [0, 0.1) is 0 Å². The molecule has 0 aromatic heterocycles. The first-order valence-electron chi connectivity index (χ1n) is 6.51. The third kappa shape index (κ3) is 8.26. The molecule has 0 aliphatic carbocycles. The van der Waals surface area contributed by atoms with Gasteiger partial charge in [-0.1, -0.05) is 12.1 Å². The largest absolute Gasteiger partial charge is 0.507 e. The number of carbonyl (C=O) groups is 1. The second-order valence-corrected chi connectivity index (χ2v) is 4.02. The second-order valence-electron chi connectivity index (χ2n) is 4.02. The van der Waals surface area contributed by atoms with E-state index in [1.807, 2.05) is 0 Å². The SMILES string of the molecule is COC(=O)c1ccccc1O.OCCN(CCO)CCO. The van der Waals surface area contributed by atoms with Crippen LogP contribution >= 0.6 is 0 Å². The highest BCUT2D eigenvalue weighted by Crippen LogP contribution is 2.15. The van der Waals surface area contributed by atoms with Crippen molar-refractivity contribution >= 4 is 5.97 Å². The Hall–Kier alpha value is -1.67. The van der Waals surface area contributed by atoms with E-state index < -0.39 is 5.97 Å². The number of methoxy groups -OCH3 is 1. The molecule has 0 saturated carbocycles. The zero-order valence-electron chi connectivity index (χ0n) is 12.1. The Morgan fingerprint density at radius 1 is 1.05 bits per heavy atom. The third-order valence-corrected chi connectivity index (χ3v) is 2.56. The van der Waals surface area contributed by atoms with Crippen LogP contribution < -0.4 is 0 Å². The van der Waals surface area contributed by atoms with Crippen LogP contribution in [0.4, 0.5) is 0 Å². The van der Waals surface area contributed by atoms with Gasteiger partial charge in [-0.05, 0) is 12.1 Å². The monoisotopic (exact) mass is 301 g/mol. The molecule has 1 aromatic carbocycles. The Bertz CT molecular complexity index is 385. The minimum atomic E-state index is -0.525. The van der Waals surface area contributed by atoms with Gasteiger partial charge in [-0.25, -0.2) is 4.79 Å². The van der Waals surface area contributed by atoms with Gasteiger partial charge in [0, 0.05) is 19.6 Å². The highest BCUT2D eigenvalue weighted by molar-refractivity contribution is 5.92. The number of para-hydroxylation sites is 1. The molecule has 7 heteroatoms. The molecule has 0 unspecified atom stereocenters. The lowest BCUT2D eigenvalue weighted by molar-refractivity contribution is 0.0597. The number of benzene rings is 1. The van der Waals surface area contributed by atoms with Crippen LogP contribution in [0.3, 0.4) is 0 Å². The van der Waals surface area contributed by atoms with Gasteiger partial charge >= 0.3 is 5.97 Å². The average molecular weight is 301 g/mol. The Morgan fingerprint density at radius 2 is 1.52 bits per heavy atom. The molecule has 0 heterocycles. The summed E-state index contributed by atoms with van der Waals surface area (Å²) >= 11 is 0. The molecule has 1 rings (SSSR count). The summed E-state index contributed by atoms with van der Waals surface area (Å²) in [7, 11) is 1.27. The summed E-state index contributed by atoms with van der Waals surface area (Å²) in [5.74, 6) is -0.581. The predicted octanol–water partition coefficient (Wildman–Crippen LogP) is -0.556. The van der Waals surface area contributed by atoms with Crippen LogP contribution in [0.25, 0.3) is 0 Å². The normalized spacial score (nSPS) is 9.95. The number of phenolic OH excluding ortho intramolecular Hbond substituents is 1. The molecule has 0 spiro atoms. The molecule has 0 atom stereocenters. The van der Waals surface area contributed by atoms with Crippen molar-refractivity contribution < 1.29 is 30.0 Å². The van der Waals surface area contributed by atoms with Crippen molar-refractivity contribution in [1.82, 2.24) is 4.90 Å². The van der Waals surface area contributed by atoms with Gasteiger partial charge in [-0.3, -0.25) is 4.90 Å². The fourth-order valence-corrected chi connectivity index (χ4v) is 1.52. The first kappa shape index (κ1) is 19.3. The molecule has 0 fully saturated rings. The van der Waals surface area contributed by atoms with E-state index in [0.717, 1.165) is 0 Å². The van der Waals surface area contributed by atoms with E-state index in [9.17, 15) is 4.79 Å². The number of esters is 1. The van der Waals surface area contributed by atoms with Crippen molar-refractivity contribution in [2.45, 2.75) is 0 Å². The Labute approximate surface area is 124 Å². The van der Waals surface area contributed by atoms with Gasteiger partial charge in [0.2, 0.25) is 0 Å². The fraction of sp³-hybridized carbons (Fsp3) is 0.500. The predicted molar refractivity (Wildman–Crippen MR) is 77.1 cm³/mol. The van der Waals surface area contributed by atoms with E-state index in [0.29, 0.717) is 19.6 Å². The van der Waals surface area contributed by atoms with Crippen molar-refractivity contribution in [3.8, 4) is 5.75 Å². The molecule has 0 bridgehead atoms. The second kappa shape index (κ2) is 12.1. The highest BCUT2D eigenvalue weighted by atomic mass is 16.5. The molecule has 21 heavy (non-hydrogen) atoms. The first-order valence-corrected chi connectivity index (χ1v) is 6.51. The number of nitrogens with zero attached hydrogens (tertiary/aromatic N) is 1. The number of hydrogen-bond donors (Lipinski definition) is 4. The van der Waals surface area contributed by atoms with E-state index in [1.54, 1.807) is 17.0 Å². The number of rotatable bonds is 7. The van der Waals surface area contributed by atoms with Gasteiger partial charge in [-0.2, -0.15) is 0 Å². The number of carbonyl (C=O) groups excluding carboxylic acids is 1. The summed E-state index contributed by atoms with van der Waals surface area (Å²) in [5, 5.41) is 34.6. The van der Waals surface area contributed by atoms with E-state index in [4.69, 9.17) is 20.4 Å². The minimum absolute atomic E-state index is 0.0562. The van der Waals surface area contributed by atoms with Gasteiger partial charge < -0.3 is 25.2 Å². The quantitative estimate of drug-likeness (QED) is 0.500. The summed E-state index contributed by atoms with van der Waals surface area (Å²) < 4.78 is 4.42. The van der Waals surface area contributed by atoms with Crippen LogP contribution in [0.5, 0.6) is 5.75 Å². The molecule has 4 N–H and O–H groups in total. The Kier molecular flexibility index (Phi) is 11.1. The minimum Gasteiger partial charge on any atom is -0.507 e. The summed E-state index contributed by atoms with van der Waals surface area (Å²) in [5.41, 5.74) is 0.190. The number of aliphatic hydroxyl groups is 3. The third-order valence-electron chi connectivity index (χ3n) is 2.56.